The fourth-order valence-corrected chi connectivity index (χ4v) is 2.36. The third-order valence-corrected chi connectivity index (χ3v) is 3.39. The Morgan fingerprint density at radius 2 is 1.76 bits per heavy atom. The molecule has 0 aliphatic carbocycles. The molecule has 106 valence electrons. The molecule has 0 atom stereocenters. The van der Waals surface area contributed by atoms with E-state index in [0.717, 1.165) is 30.0 Å². The first-order valence-electron chi connectivity index (χ1n) is 7.30. The molecule has 0 radical (unpaired) electrons. The minimum absolute atomic E-state index is 0.958. The number of hydrogen-bond acceptors (Lipinski definition) is 3. The van der Waals surface area contributed by atoms with Gasteiger partial charge in [0.25, 0.3) is 0 Å². The van der Waals surface area contributed by atoms with E-state index >= 15 is 0 Å². The highest BCUT2D eigenvalue weighted by molar-refractivity contribution is 5.95. The molecule has 0 amide bonds. The highest BCUT2D eigenvalue weighted by Crippen LogP contribution is 2.26. The Balaban J connectivity index is 1.88. The van der Waals surface area contributed by atoms with E-state index in [4.69, 9.17) is 0 Å². The van der Waals surface area contributed by atoms with Crippen molar-refractivity contribution in [3.63, 3.8) is 0 Å². The van der Waals surface area contributed by atoms with Gasteiger partial charge in [-0.25, -0.2) is 0 Å². The van der Waals surface area contributed by atoms with Crippen LogP contribution in [0, 0.1) is 0 Å². The van der Waals surface area contributed by atoms with Crippen LogP contribution in [0.1, 0.15) is 13.3 Å². The molecule has 1 aromatic heterocycles. The van der Waals surface area contributed by atoms with E-state index in [1.165, 1.54) is 10.8 Å². The van der Waals surface area contributed by atoms with E-state index < -0.39 is 0 Å². The Morgan fingerprint density at radius 3 is 2.67 bits per heavy atom. The molecule has 21 heavy (non-hydrogen) atoms. The van der Waals surface area contributed by atoms with E-state index in [1.54, 1.807) is 0 Å². The molecule has 0 unspecified atom stereocenters. The topological polar surface area (TPSA) is 37.0 Å². The van der Waals surface area contributed by atoms with Crippen molar-refractivity contribution in [2.75, 3.05) is 17.2 Å². The minimum Gasteiger partial charge on any atom is -0.384 e. The third kappa shape index (κ3) is 3.14. The summed E-state index contributed by atoms with van der Waals surface area (Å²) in [4.78, 5) is 4.29. The molecule has 0 fully saturated rings. The monoisotopic (exact) mass is 277 g/mol. The van der Waals surface area contributed by atoms with Crippen molar-refractivity contribution in [1.82, 2.24) is 4.98 Å². The number of aromatic nitrogens is 1. The van der Waals surface area contributed by atoms with Gasteiger partial charge in [0.15, 0.2) is 0 Å². The maximum absolute atomic E-state index is 4.29. The lowest BCUT2D eigenvalue weighted by atomic mass is 10.1. The molecule has 3 nitrogen and oxygen atoms in total. The fraction of sp³-hybridized carbons (Fsp3) is 0.167. The average molecular weight is 277 g/mol. The maximum atomic E-state index is 4.29. The number of fused-ring (bicyclic) bond motifs is 1. The van der Waals surface area contributed by atoms with Crippen molar-refractivity contribution in [3.05, 3.63) is 60.9 Å². The lowest BCUT2D eigenvalue weighted by Gasteiger charge is -2.11. The highest BCUT2D eigenvalue weighted by atomic mass is 14.9. The lowest BCUT2D eigenvalue weighted by molar-refractivity contribution is 0.978. The smallest absolute Gasteiger partial charge is 0.0591 e. The first kappa shape index (κ1) is 13.4. The molecule has 0 aliphatic heterocycles. The van der Waals surface area contributed by atoms with Gasteiger partial charge in [0, 0.05) is 17.6 Å². The van der Waals surface area contributed by atoms with Crippen molar-refractivity contribution in [3.8, 4) is 0 Å². The number of rotatable bonds is 5. The minimum atomic E-state index is 0.958. The van der Waals surface area contributed by atoms with Crippen molar-refractivity contribution in [2.45, 2.75) is 13.3 Å². The second kappa shape index (κ2) is 6.27. The van der Waals surface area contributed by atoms with Gasteiger partial charge >= 0.3 is 0 Å². The quantitative estimate of drug-likeness (QED) is 0.703. The Labute approximate surface area is 125 Å². The Bertz CT molecular complexity index is 732. The van der Waals surface area contributed by atoms with Gasteiger partial charge < -0.3 is 10.6 Å². The molecule has 2 N–H and O–H groups in total. The third-order valence-electron chi connectivity index (χ3n) is 3.39. The van der Waals surface area contributed by atoms with Gasteiger partial charge in [0.2, 0.25) is 0 Å². The number of nitrogens with one attached hydrogen (secondary N) is 2. The van der Waals surface area contributed by atoms with Gasteiger partial charge in [0.1, 0.15) is 0 Å². The number of benzene rings is 2. The van der Waals surface area contributed by atoms with Crippen molar-refractivity contribution in [2.24, 2.45) is 0 Å². The van der Waals surface area contributed by atoms with Gasteiger partial charge in [-0.1, -0.05) is 43.3 Å². The van der Waals surface area contributed by atoms with Gasteiger partial charge in [-0.2, -0.15) is 0 Å². The van der Waals surface area contributed by atoms with Crippen LogP contribution in [0.15, 0.2) is 60.9 Å². The van der Waals surface area contributed by atoms with E-state index in [1.807, 2.05) is 12.4 Å². The molecule has 2 aromatic carbocycles. The van der Waals surface area contributed by atoms with Crippen LogP contribution in [-0.4, -0.2) is 11.5 Å². The number of nitrogens with zero attached hydrogens (tertiary/aromatic N) is 1. The van der Waals surface area contributed by atoms with Crippen LogP contribution in [0.5, 0.6) is 0 Å². The van der Waals surface area contributed by atoms with Crippen LogP contribution in [0.3, 0.4) is 0 Å². The summed E-state index contributed by atoms with van der Waals surface area (Å²) in [7, 11) is 0. The van der Waals surface area contributed by atoms with Crippen molar-refractivity contribution in [1.29, 1.82) is 0 Å². The molecule has 0 aliphatic rings. The summed E-state index contributed by atoms with van der Waals surface area (Å²) in [6, 6.07) is 16.7. The van der Waals surface area contributed by atoms with Gasteiger partial charge in [0.05, 0.1) is 23.8 Å². The zero-order valence-electron chi connectivity index (χ0n) is 12.1. The van der Waals surface area contributed by atoms with E-state index in [9.17, 15) is 0 Å². The number of pyridine rings is 1. The van der Waals surface area contributed by atoms with Crippen LogP contribution in [0.25, 0.3) is 10.8 Å². The summed E-state index contributed by atoms with van der Waals surface area (Å²) < 4.78 is 0. The molecule has 0 saturated carbocycles. The average Bonchev–Trinajstić information content (AvgIpc) is 2.54. The second-order valence-corrected chi connectivity index (χ2v) is 5.04. The van der Waals surface area contributed by atoms with Gasteiger partial charge in [-0.05, 0) is 23.9 Å². The Hall–Kier alpha value is -2.55. The largest absolute Gasteiger partial charge is 0.384 e. The van der Waals surface area contributed by atoms with Crippen LogP contribution >= 0.6 is 0 Å². The Kier molecular flexibility index (Phi) is 4.01. The molecule has 0 saturated heterocycles. The zero-order chi connectivity index (χ0) is 14.5. The molecule has 0 bridgehead atoms. The zero-order valence-corrected chi connectivity index (χ0v) is 12.1. The highest BCUT2D eigenvalue weighted by Gasteiger charge is 2.02. The molecular weight excluding hydrogens is 258 g/mol. The lowest BCUT2D eigenvalue weighted by Crippen LogP contribution is -2.01. The van der Waals surface area contributed by atoms with Crippen molar-refractivity contribution < 1.29 is 0 Å². The van der Waals surface area contributed by atoms with Gasteiger partial charge in [-0.3, -0.25) is 4.98 Å². The summed E-state index contributed by atoms with van der Waals surface area (Å²) in [6.45, 7) is 3.11. The summed E-state index contributed by atoms with van der Waals surface area (Å²) in [6.07, 6.45) is 4.80. The first-order chi connectivity index (χ1) is 10.4. The van der Waals surface area contributed by atoms with Crippen LogP contribution in [-0.2, 0) is 0 Å². The molecule has 0 spiro atoms. The maximum Gasteiger partial charge on any atom is 0.0591 e. The van der Waals surface area contributed by atoms with Crippen molar-refractivity contribution >= 4 is 27.8 Å². The normalized spacial score (nSPS) is 10.5. The molecule has 3 heteroatoms. The standard InChI is InChI=1S/C18H19N3/c1-2-10-20-15-11-16(13-19-12-15)21-18-9-5-7-14-6-3-4-8-17(14)18/h3-9,11-13,20-21H,2,10H2,1H3. The molecular formula is C18H19N3. The summed E-state index contributed by atoms with van der Waals surface area (Å²) in [5.41, 5.74) is 3.14. The van der Waals surface area contributed by atoms with Crippen LogP contribution in [0.4, 0.5) is 17.1 Å². The first-order valence-corrected chi connectivity index (χ1v) is 7.30. The fourth-order valence-electron chi connectivity index (χ4n) is 2.36. The summed E-state index contributed by atoms with van der Waals surface area (Å²) in [5.74, 6) is 0. The van der Waals surface area contributed by atoms with E-state index in [0.29, 0.717) is 0 Å². The number of anilines is 3. The van der Waals surface area contributed by atoms with Crippen LogP contribution < -0.4 is 10.6 Å². The summed E-state index contributed by atoms with van der Waals surface area (Å²) >= 11 is 0. The van der Waals surface area contributed by atoms with Crippen LogP contribution in [0.2, 0.25) is 0 Å². The van der Waals surface area contributed by atoms with E-state index in [2.05, 4.69) is 71.1 Å². The predicted molar refractivity (Wildman–Crippen MR) is 90.2 cm³/mol. The Morgan fingerprint density at radius 1 is 0.952 bits per heavy atom. The SMILES string of the molecule is CCCNc1cncc(Nc2cccc3ccccc23)c1. The molecule has 1 heterocycles. The van der Waals surface area contributed by atoms with Gasteiger partial charge in [-0.15, -0.1) is 0 Å². The summed E-state index contributed by atoms with van der Waals surface area (Å²) in [5, 5.41) is 9.26. The second-order valence-electron chi connectivity index (χ2n) is 5.04. The molecule has 3 aromatic rings. The van der Waals surface area contributed by atoms with E-state index in [-0.39, 0.29) is 0 Å². The molecule has 3 rings (SSSR count). The number of hydrogen-bond donors (Lipinski definition) is 2. The predicted octanol–water partition coefficient (Wildman–Crippen LogP) is 4.80.